The molecule has 7 nitrogen and oxygen atoms in total. The quantitative estimate of drug-likeness (QED) is 0.268. The van der Waals surface area contributed by atoms with E-state index < -0.39 is 16.0 Å². The number of rotatable bonds is 9. The van der Waals surface area contributed by atoms with Gasteiger partial charge < -0.3 is 10.1 Å². The van der Waals surface area contributed by atoms with Crippen LogP contribution in [0.3, 0.4) is 0 Å². The lowest BCUT2D eigenvalue weighted by atomic mass is 10.0. The van der Waals surface area contributed by atoms with Gasteiger partial charge in [0.2, 0.25) is 0 Å². The Kier molecular flexibility index (Phi) is 8.14. The van der Waals surface area contributed by atoms with Crippen LogP contribution in [0.1, 0.15) is 25.8 Å². The molecular formula is C21H23Cl2N3O4S. The summed E-state index contributed by atoms with van der Waals surface area (Å²) >= 11 is 11.7. The monoisotopic (exact) mass is 483 g/mol. The number of nitrogens with zero attached hydrogens (tertiary/aromatic N) is 1. The summed E-state index contributed by atoms with van der Waals surface area (Å²) in [5, 5.41) is 10.9. The minimum atomic E-state index is -3.84. The highest BCUT2D eigenvalue weighted by Gasteiger charge is 2.16. The number of halogens is 2. The molecule has 2 rings (SSSR count). The summed E-state index contributed by atoms with van der Waals surface area (Å²) in [5.41, 5.74) is 2.94. The van der Waals surface area contributed by atoms with Crippen LogP contribution in [0.25, 0.3) is 0 Å². The summed E-state index contributed by atoms with van der Waals surface area (Å²) in [7, 11) is -3.84. The number of hydrogen-bond donors (Lipinski definition) is 3. The summed E-state index contributed by atoms with van der Waals surface area (Å²) < 4.78 is 27.6. The van der Waals surface area contributed by atoms with Crippen molar-refractivity contribution in [2.75, 3.05) is 4.72 Å². The Hall–Kier alpha value is -2.52. The summed E-state index contributed by atoms with van der Waals surface area (Å²) in [6.07, 6.45) is -0.176. The van der Waals surface area contributed by atoms with Gasteiger partial charge in [0.05, 0.1) is 27.9 Å². The van der Waals surface area contributed by atoms with Gasteiger partial charge in [-0.25, -0.2) is 14.3 Å². The molecule has 0 aliphatic carbocycles. The van der Waals surface area contributed by atoms with E-state index in [2.05, 4.69) is 11.3 Å². The average molecular weight is 484 g/mol. The van der Waals surface area contributed by atoms with E-state index in [0.717, 1.165) is 5.56 Å². The Labute approximate surface area is 191 Å². The fourth-order valence-electron chi connectivity index (χ4n) is 2.76. The molecule has 0 spiro atoms. The van der Waals surface area contributed by atoms with Crippen molar-refractivity contribution in [1.29, 1.82) is 0 Å². The molecule has 10 heteroatoms. The maximum absolute atomic E-state index is 12.5. The lowest BCUT2D eigenvalue weighted by Gasteiger charge is -2.23. The van der Waals surface area contributed by atoms with Crippen molar-refractivity contribution in [3.05, 3.63) is 81.5 Å². The first kappa shape index (κ1) is 24.7. The van der Waals surface area contributed by atoms with E-state index in [1.807, 2.05) is 0 Å². The SMILES string of the molecule is C=C(C)/C(CC(=O)O)=C(/C)N(N)Cc1ccc(NS(=O)(=O)c2ccc(Cl)c(Cl)c2)cc1. The van der Waals surface area contributed by atoms with E-state index in [0.29, 0.717) is 29.1 Å². The predicted molar refractivity (Wildman–Crippen MR) is 123 cm³/mol. The number of hydrazine groups is 1. The van der Waals surface area contributed by atoms with Gasteiger partial charge in [-0.05, 0) is 55.3 Å². The molecule has 0 saturated heterocycles. The smallest absolute Gasteiger partial charge is 0.307 e. The number of allylic oxidation sites excluding steroid dienone is 2. The molecule has 0 aliphatic rings. The molecule has 4 N–H and O–H groups in total. The van der Waals surface area contributed by atoms with Gasteiger partial charge in [0.25, 0.3) is 10.0 Å². The van der Waals surface area contributed by atoms with E-state index in [1.54, 1.807) is 38.1 Å². The molecule has 0 bridgehead atoms. The molecule has 0 atom stereocenters. The topological polar surface area (TPSA) is 113 Å². The van der Waals surface area contributed by atoms with Crippen molar-refractivity contribution in [2.24, 2.45) is 5.84 Å². The molecule has 0 aromatic heterocycles. The fraction of sp³-hybridized carbons (Fsp3) is 0.190. The number of carboxylic acid groups (broad SMARTS) is 1. The first-order valence-corrected chi connectivity index (χ1v) is 11.3. The summed E-state index contributed by atoms with van der Waals surface area (Å²) in [4.78, 5) is 11.1. The minimum absolute atomic E-state index is 0.00868. The zero-order valence-corrected chi connectivity index (χ0v) is 19.4. The van der Waals surface area contributed by atoms with E-state index in [9.17, 15) is 13.2 Å². The zero-order chi connectivity index (χ0) is 23.3. The number of anilines is 1. The van der Waals surface area contributed by atoms with Crippen LogP contribution in [0, 0.1) is 0 Å². The Balaban J connectivity index is 2.15. The Bertz CT molecular complexity index is 1130. The number of hydrogen-bond acceptors (Lipinski definition) is 5. The van der Waals surface area contributed by atoms with E-state index >= 15 is 0 Å². The Morgan fingerprint density at radius 2 is 1.74 bits per heavy atom. The van der Waals surface area contributed by atoms with Crippen molar-refractivity contribution >= 4 is 44.9 Å². The summed E-state index contributed by atoms with van der Waals surface area (Å²) in [6.45, 7) is 7.56. The van der Waals surface area contributed by atoms with Crippen LogP contribution in [-0.2, 0) is 21.4 Å². The molecule has 0 heterocycles. The van der Waals surface area contributed by atoms with Crippen molar-refractivity contribution in [1.82, 2.24) is 5.01 Å². The van der Waals surface area contributed by atoms with Crippen molar-refractivity contribution in [2.45, 2.75) is 31.7 Å². The first-order chi connectivity index (χ1) is 14.4. The maximum Gasteiger partial charge on any atom is 0.307 e. The van der Waals surface area contributed by atoms with Crippen LogP contribution in [0.5, 0.6) is 0 Å². The number of aliphatic carboxylic acids is 1. The van der Waals surface area contributed by atoms with Crippen LogP contribution in [0.15, 0.2) is 70.8 Å². The number of nitrogens with two attached hydrogens (primary N) is 1. The lowest BCUT2D eigenvalue weighted by Crippen LogP contribution is -2.30. The molecular weight excluding hydrogens is 461 g/mol. The number of benzene rings is 2. The van der Waals surface area contributed by atoms with Gasteiger partial charge in [-0.1, -0.05) is 47.5 Å². The highest BCUT2D eigenvalue weighted by atomic mass is 35.5. The third-order valence-electron chi connectivity index (χ3n) is 4.47. The molecule has 0 aliphatic heterocycles. The van der Waals surface area contributed by atoms with Crippen LogP contribution in [-0.4, -0.2) is 24.5 Å². The Morgan fingerprint density at radius 1 is 1.13 bits per heavy atom. The summed E-state index contributed by atoms with van der Waals surface area (Å²) in [6, 6.07) is 10.7. The second-order valence-corrected chi connectivity index (χ2v) is 9.42. The molecule has 0 amide bonds. The summed E-state index contributed by atoms with van der Waals surface area (Å²) in [5.74, 6) is 5.14. The van der Waals surface area contributed by atoms with E-state index in [1.165, 1.54) is 23.2 Å². The fourth-order valence-corrected chi connectivity index (χ4v) is 4.21. The molecule has 166 valence electrons. The second-order valence-electron chi connectivity index (χ2n) is 6.92. The van der Waals surface area contributed by atoms with Gasteiger partial charge in [-0.15, -0.1) is 0 Å². The average Bonchev–Trinajstić information content (AvgIpc) is 2.68. The molecule has 0 saturated carbocycles. The number of carboxylic acids is 1. The largest absolute Gasteiger partial charge is 0.481 e. The van der Waals surface area contributed by atoms with Gasteiger partial charge in [-0.3, -0.25) is 9.52 Å². The van der Waals surface area contributed by atoms with Crippen molar-refractivity contribution in [3.63, 3.8) is 0 Å². The standard InChI is InChI=1S/C21H23Cl2N3O4S/c1-13(2)18(11-21(27)28)14(3)26(24)12-15-4-6-16(7-5-15)25-31(29,30)17-8-9-19(22)20(23)10-17/h4-10,25H,1,11-12,24H2,2-3H3,(H,27,28)/b18-14-. The van der Waals surface area contributed by atoms with Crippen LogP contribution in [0.4, 0.5) is 5.69 Å². The number of sulfonamides is 1. The van der Waals surface area contributed by atoms with Crippen molar-refractivity contribution in [3.8, 4) is 0 Å². The predicted octanol–water partition coefficient (Wildman–Crippen LogP) is 4.79. The molecule has 31 heavy (non-hydrogen) atoms. The maximum atomic E-state index is 12.5. The molecule has 2 aromatic rings. The Morgan fingerprint density at radius 3 is 2.26 bits per heavy atom. The second kappa shape index (κ2) is 10.2. The highest BCUT2D eigenvalue weighted by Crippen LogP contribution is 2.26. The van der Waals surface area contributed by atoms with Crippen molar-refractivity contribution < 1.29 is 18.3 Å². The lowest BCUT2D eigenvalue weighted by molar-refractivity contribution is -0.136. The number of carbonyl (C=O) groups is 1. The van der Waals surface area contributed by atoms with Crippen LogP contribution >= 0.6 is 23.2 Å². The molecule has 2 aromatic carbocycles. The third kappa shape index (κ3) is 6.73. The van der Waals surface area contributed by atoms with Gasteiger partial charge in [-0.2, -0.15) is 0 Å². The van der Waals surface area contributed by atoms with E-state index in [-0.39, 0.29) is 21.4 Å². The third-order valence-corrected chi connectivity index (χ3v) is 6.59. The number of nitrogens with one attached hydrogen (secondary N) is 1. The zero-order valence-electron chi connectivity index (χ0n) is 17.0. The highest BCUT2D eigenvalue weighted by molar-refractivity contribution is 7.92. The van der Waals surface area contributed by atoms with Crippen LogP contribution in [0.2, 0.25) is 10.0 Å². The van der Waals surface area contributed by atoms with E-state index in [4.69, 9.17) is 34.2 Å². The van der Waals surface area contributed by atoms with Crippen LogP contribution < -0.4 is 10.6 Å². The minimum Gasteiger partial charge on any atom is -0.481 e. The van der Waals surface area contributed by atoms with Gasteiger partial charge in [0.1, 0.15) is 0 Å². The van der Waals surface area contributed by atoms with Gasteiger partial charge >= 0.3 is 5.97 Å². The normalized spacial score (nSPS) is 12.2. The van der Waals surface area contributed by atoms with Gasteiger partial charge in [0, 0.05) is 11.4 Å². The molecule has 0 radical (unpaired) electrons. The molecule has 0 fully saturated rings. The first-order valence-electron chi connectivity index (χ1n) is 9.07. The molecule has 0 unspecified atom stereocenters. The van der Waals surface area contributed by atoms with Gasteiger partial charge in [0.15, 0.2) is 0 Å².